The van der Waals surface area contributed by atoms with Crippen LogP contribution in [0.25, 0.3) is 0 Å². The first-order chi connectivity index (χ1) is 11.3. The molecule has 1 rings (SSSR count). The molecule has 1 radical (unpaired) electrons. The molecule has 129 valence electrons. The maximum absolute atomic E-state index is 11.8. The monoisotopic (exact) mass is 321 g/mol. The van der Waals surface area contributed by atoms with E-state index in [0.717, 1.165) is 25.0 Å². The third-order valence-corrected chi connectivity index (χ3v) is 3.51. The topological polar surface area (TPSA) is 44.8 Å². The highest BCUT2D eigenvalue weighted by molar-refractivity contribution is 5.89. The molecule has 0 saturated carbocycles. The summed E-state index contributed by atoms with van der Waals surface area (Å²) in [5.74, 6) is 0.265. The van der Waals surface area contributed by atoms with Gasteiger partial charge in [0.05, 0.1) is 18.8 Å². The highest BCUT2D eigenvalue weighted by Crippen LogP contribution is 2.13. The third-order valence-electron chi connectivity index (χ3n) is 3.51. The van der Waals surface area contributed by atoms with Crippen LogP contribution >= 0.6 is 0 Å². The number of unbranched alkanes of at least 4 members (excludes halogenated alkanes) is 7. The van der Waals surface area contributed by atoms with Gasteiger partial charge in [-0.3, -0.25) is 4.89 Å². The molecule has 0 aliphatic heterocycles. The lowest BCUT2D eigenvalue weighted by Crippen LogP contribution is -2.07. The van der Waals surface area contributed by atoms with Crippen molar-refractivity contribution in [3.63, 3.8) is 0 Å². The van der Waals surface area contributed by atoms with Gasteiger partial charge in [0.2, 0.25) is 0 Å². The Hall–Kier alpha value is -1.55. The van der Waals surface area contributed by atoms with Crippen molar-refractivity contribution < 1.29 is 19.3 Å². The summed E-state index contributed by atoms with van der Waals surface area (Å²) in [5.41, 5.74) is 0.457. The number of hydrogen-bond acceptors (Lipinski definition) is 4. The number of carbonyl (C=O) groups is 1. The Balaban J connectivity index is 2.03. The molecule has 0 amide bonds. The molecule has 0 atom stereocenters. The SMILES string of the molecule is [CH2]CCCCCCCCCOOC(=O)c1ccc(OCC)cc1. The van der Waals surface area contributed by atoms with E-state index in [2.05, 4.69) is 6.92 Å². The molecule has 0 unspecified atom stereocenters. The van der Waals surface area contributed by atoms with E-state index in [1.807, 2.05) is 6.92 Å². The average molecular weight is 321 g/mol. The summed E-state index contributed by atoms with van der Waals surface area (Å²) in [6, 6.07) is 6.83. The first-order valence-electron chi connectivity index (χ1n) is 8.63. The summed E-state index contributed by atoms with van der Waals surface area (Å²) in [5, 5.41) is 0. The first-order valence-corrected chi connectivity index (χ1v) is 8.63. The van der Waals surface area contributed by atoms with E-state index >= 15 is 0 Å². The maximum atomic E-state index is 11.8. The molecule has 0 aliphatic carbocycles. The van der Waals surface area contributed by atoms with Gasteiger partial charge in [0.25, 0.3) is 0 Å². The van der Waals surface area contributed by atoms with Gasteiger partial charge in [-0.2, -0.15) is 4.89 Å². The van der Waals surface area contributed by atoms with Crippen LogP contribution in [0.2, 0.25) is 0 Å². The predicted octanol–water partition coefficient (Wildman–Crippen LogP) is 5.13. The van der Waals surface area contributed by atoms with Crippen LogP contribution in [0.5, 0.6) is 5.75 Å². The molecule has 0 heterocycles. The van der Waals surface area contributed by atoms with Crippen LogP contribution in [0, 0.1) is 6.92 Å². The van der Waals surface area contributed by atoms with Crippen molar-refractivity contribution in [2.75, 3.05) is 13.2 Å². The van der Waals surface area contributed by atoms with Gasteiger partial charge >= 0.3 is 5.97 Å². The van der Waals surface area contributed by atoms with Crippen LogP contribution in [0.1, 0.15) is 68.6 Å². The lowest BCUT2D eigenvalue weighted by atomic mass is 10.1. The predicted molar refractivity (Wildman–Crippen MR) is 91.3 cm³/mol. The summed E-state index contributed by atoms with van der Waals surface area (Å²) in [6.45, 7) is 6.80. The van der Waals surface area contributed by atoms with Gasteiger partial charge in [0.1, 0.15) is 5.75 Å². The van der Waals surface area contributed by atoms with Crippen molar-refractivity contribution in [1.29, 1.82) is 0 Å². The average Bonchev–Trinajstić information content (AvgIpc) is 2.57. The Bertz CT molecular complexity index is 414. The van der Waals surface area contributed by atoms with Crippen molar-refractivity contribution in [2.45, 2.75) is 58.3 Å². The molecule has 1 aromatic rings. The van der Waals surface area contributed by atoms with Gasteiger partial charge in [-0.1, -0.05) is 51.9 Å². The zero-order valence-electron chi connectivity index (χ0n) is 14.2. The number of ether oxygens (including phenoxy) is 1. The summed E-state index contributed by atoms with van der Waals surface area (Å²) >= 11 is 0. The minimum atomic E-state index is -0.471. The van der Waals surface area contributed by atoms with E-state index in [-0.39, 0.29) is 0 Å². The first kappa shape index (κ1) is 19.5. The van der Waals surface area contributed by atoms with E-state index in [9.17, 15) is 4.79 Å². The molecular formula is C19H29O4. The molecular weight excluding hydrogens is 292 g/mol. The lowest BCUT2D eigenvalue weighted by Gasteiger charge is -2.05. The summed E-state index contributed by atoms with van der Waals surface area (Å²) in [7, 11) is 0. The van der Waals surface area contributed by atoms with Crippen molar-refractivity contribution in [2.24, 2.45) is 0 Å². The Morgan fingerprint density at radius 1 is 0.957 bits per heavy atom. The van der Waals surface area contributed by atoms with E-state index < -0.39 is 5.97 Å². The second-order valence-electron chi connectivity index (χ2n) is 5.48. The molecule has 4 heteroatoms. The summed E-state index contributed by atoms with van der Waals surface area (Å²) in [4.78, 5) is 21.5. The molecule has 0 aliphatic rings. The Morgan fingerprint density at radius 3 is 2.17 bits per heavy atom. The van der Waals surface area contributed by atoms with Crippen molar-refractivity contribution >= 4 is 5.97 Å². The Morgan fingerprint density at radius 2 is 1.57 bits per heavy atom. The molecule has 4 nitrogen and oxygen atoms in total. The third kappa shape index (κ3) is 9.24. The number of hydrogen-bond donors (Lipinski definition) is 0. The number of rotatable bonds is 13. The zero-order valence-corrected chi connectivity index (χ0v) is 14.2. The molecule has 23 heavy (non-hydrogen) atoms. The standard InChI is InChI=1S/C19H29O4/c1-3-5-6-7-8-9-10-11-16-22-23-19(20)17-12-14-18(15-13-17)21-4-2/h12-15H,1,3-11,16H2,2H3. The van der Waals surface area contributed by atoms with Gasteiger partial charge in [-0.15, -0.1) is 0 Å². The normalized spacial score (nSPS) is 10.5. The molecule has 0 fully saturated rings. The zero-order chi connectivity index (χ0) is 16.8. The van der Waals surface area contributed by atoms with Gasteiger partial charge in [0.15, 0.2) is 0 Å². The fourth-order valence-corrected chi connectivity index (χ4v) is 2.22. The van der Waals surface area contributed by atoms with Gasteiger partial charge < -0.3 is 4.74 Å². The van der Waals surface area contributed by atoms with Crippen LogP contribution in [0.4, 0.5) is 0 Å². The van der Waals surface area contributed by atoms with Crippen LogP contribution < -0.4 is 4.74 Å². The molecule has 0 N–H and O–H groups in total. The van der Waals surface area contributed by atoms with Crippen LogP contribution in [-0.2, 0) is 9.78 Å². The van der Waals surface area contributed by atoms with E-state index in [4.69, 9.17) is 14.5 Å². The Kier molecular flexibility index (Phi) is 11.0. The molecule has 0 aromatic heterocycles. The van der Waals surface area contributed by atoms with E-state index in [1.165, 1.54) is 32.1 Å². The van der Waals surface area contributed by atoms with Crippen LogP contribution in [0.15, 0.2) is 24.3 Å². The minimum absolute atomic E-state index is 0.446. The van der Waals surface area contributed by atoms with E-state index in [1.54, 1.807) is 24.3 Å². The van der Waals surface area contributed by atoms with Crippen LogP contribution in [-0.4, -0.2) is 19.2 Å². The lowest BCUT2D eigenvalue weighted by molar-refractivity contribution is -0.241. The summed E-state index contributed by atoms with van der Waals surface area (Å²) < 4.78 is 5.32. The smallest absolute Gasteiger partial charge is 0.373 e. The molecule has 0 spiro atoms. The van der Waals surface area contributed by atoms with Crippen molar-refractivity contribution in [3.8, 4) is 5.75 Å². The van der Waals surface area contributed by atoms with Gasteiger partial charge in [-0.25, -0.2) is 4.79 Å². The highest BCUT2D eigenvalue weighted by atomic mass is 17.2. The fourth-order valence-electron chi connectivity index (χ4n) is 2.22. The quantitative estimate of drug-likeness (QED) is 0.287. The summed E-state index contributed by atoms with van der Waals surface area (Å²) in [6.07, 6.45) is 9.29. The van der Waals surface area contributed by atoms with Gasteiger partial charge in [0, 0.05) is 0 Å². The van der Waals surface area contributed by atoms with Gasteiger partial charge in [-0.05, 0) is 37.6 Å². The molecule has 1 aromatic carbocycles. The fraction of sp³-hybridized carbons (Fsp3) is 0.579. The van der Waals surface area contributed by atoms with E-state index in [0.29, 0.717) is 18.8 Å². The highest BCUT2D eigenvalue weighted by Gasteiger charge is 2.08. The molecule has 0 saturated heterocycles. The minimum Gasteiger partial charge on any atom is -0.494 e. The van der Waals surface area contributed by atoms with Crippen molar-refractivity contribution in [1.82, 2.24) is 0 Å². The van der Waals surface area contributed by atoms with Crippen molar-refractivity contribution in [3.05, 3.63) is 36.8 Å². The molecule has 0 bridgehead atoms. The largest absolute Gasteiger partial charge is 0.494 e. The maximum Gasteiger partial charge on any atom is 0.373 e. The second-order valence-corrected chi connectivity index (χ2v) is 5.48. The number of carbonyl (C=O) groups excluding carboxylic acids is 1. The Labute approximate surface area is 140 Å². The number of benzene rings is 1. The second kappa shape index (κ2) is 12.9. The van der Waals surface area contributed by atoms with Crippen LogP contribution in [0.3, 0.4) is 0 Å².